The van der Waals surface area contributed by atoms with E-state index in [1.165, 1.54) is 6.20 Å². The van der Waals surface area contributed by atoms with Crippen LogP contribution in [0.15, 0.2) is 60.3 Å². The van der Waals surface area contributed by atoms with Crippen LogP contribution in [0.3, 0.4) is 0 Å². The van der Waals surface area contributed by atoms with E-state index in [4.69, 9.17) is 5.73 Å². The molecule has 5 nitrogen and oxygen atoms in total. The summed E-state index contributed by atoms with van der Waals surface area (Å²) in [7, 11) is 0. The van der Waals surface area contributed by atoms with Gasteiger partial charge in [-0.3, -0.25) is 4.79 Å². The molecule has 0 aromatic heterocycles. The van der Waals surface area contributed by atoms with Crippen molar-refractivity contribution in [2.24, 2.45) is 5.73 Å². The highest BCUT2D eigenvalue weighted by atomic mass is 16.1. The van der Waals surface area contributed by atoms with E-state index in [1.807, 2.05) is 55.5 Å². The summed E-state index contributed by atoms with van der Waals surface area (Å²) in [4.78, 5) is 12.1. The lowest BCUT2D eigenvalue weighted by Gasteiger charge is -2.06. The molecule has 0 aliphatic rings. The fourth-order valence-corrected chi connectivity index (χ4v) is 2.21. The van der Waals surface area contributed by atoms with Crippen molar-refractivity contribution in [3.63, 3.8) is 0 Å². The van der Waals surface area contributed by atoms with Crippen LogP contribution in [0.4, 0.5) is 5.69 Å². The molecule has 0 unspecified atom stereocenters. The standard InChI is InChI=1S/C19H20N4O/c1-14-4-2-7-18(8-14)23-19(24)17(11-21)13-22-12-16-6-3-5-15(9-16)10-20/h2-9,13,22H,10,12,20H2,1H3,(H,23,24)/b17-13-. The fraction of sp³-hybridized carbons (Fsp3) is 0.158. The summed E-state index contributed by atoms with van der Waals surface area (Å²) < 4.78 is 0. The summed E-state index contributed by atoms with van der Waals surface area (Å²) >= 11 is 0. The lowest BCUT2D eigenvalue weighted by atomic mass is 10.1. The quantitative estimate of drug-likeness (QED) is 0.563. The zero-order valence-corrected chi connectivity index (χ0v) is 13.5. The van der Waals surface area contributed by atoms with Gasteiger partial charge in [-0.2, -0.15) is 5.26 Å². The van der Waals surface area contributed by atoms with Crippen LogP contribution in [-0.2, 0) is 17.9 Å². The number of amides is 1. The summed E-state index contributed by atoms with van der Waals surface area (Å²) in [5, 5.41) is 14.9. The van der Waals surface area contributed by atoms with E-state index < -0.39 is 5.91 Å². The largest absolute Gasteiger partial charge is 0.386 e. The summed E-state index contributed by atoms with van der Waals surface area (Å²) in [5.74, 6) is -0.439. The first kappa shape index (κ1) is 17.3. The number of hydrogen-bond acceptors (Lipinski definition) is 4. The Morgan fingerprint density at radius 3 is 2.67 bits per heavy atom. The average Bonchev–Trinajstić information content (AvgIpc) is 2.59. The Labute approximate surface area is 141 Å². The van der Waals surface area contributed by atoms with Gasteiger partial charge in [-0.1, -0.05) is 36.4 Å². The minimum atomic E-state index is -0.439. The van der Waals surface area contributed by atoms with E-state index in [2.05, 4.69) is 10.6 Å². The van der Waals surface area contributed by atoms with Crippen molar-refractivity contribution in [3.05, 3.63) is 77.0 Å². The first-order chi connectivity index (χ1) is 11.6. The fourth-order valence-electron chi connectivity index (χ4n) is 2.21. The predicted molar refractivity (Wildman–Crippen MR) is 94.7 cm³/mol. The van der Waals surface area contributed by atoms with Crippen LogP contribution >= 0.6 is 0 Å². The van der Waals surface area contributed by atoms with Crippen molar-refractivity contribution in [2.75, 3.05) is 5.32 Å². The number of nitrogens with one attached hydrogen (secondary N) is 2. The van der Waals surface area contributed by atoms with E-state index in [-0.39, 0.29) is 5.57 Å². The molecule has 24 heavy (non-hydrogen) atoms. The number of carbonyl (C=O) groups is 1. The molecule has 4 N–H and O–H groups in total. The second kappa shape index (κ2) is 8.51. The van der Waals surface area contributed by atoms with Crippen molar-refractivity contribution in [2.45, 2.75) is 20.0 Å². The Hall–Kier alpha value is -3.10. The van der Waals surface area contributed by atoms with Crippen LogP contribution in [0.1, 0.15) is 16.7 Å². The molecule has 0 aliphatic heterocycles. The summed E-state index contributed by atoms with van der Waals surface area (Å²) in [6, 6.07) is 17.2. The Bertz CT molecular complexity index is 790. The third-order valence-corrected chi connectivity index (χ3v) is 3.42. The lowest BCUT2D eigenvalue weighted by molar-refractivity contribution is -0.112. The van der Waals surface area contributed by atoms with Crippen molar-refractivity contribution < 1.29 is 4.79 Å². The highest BCUT2D eigenvalue weighted by molar-refractivity contribution is 6.06. The summed E-state index contributed by atoms with van der Waals surface area (Å²) in [6.07, 6.45) is 1.43. The second-order valence-corrected chi connectivity index (χ2v) is 5.40. The van der Waals surface area contributed by atoms with Crippen LogP contribution in [0.2, 0.25) is 0 Å². The molecule has 0 radical (unpaired) electrons. The van der Waals surface area contributed by atoms with Crippen LogP contribution < -0.4 is 16.4 Å². The monoisotopic (exact) mass is 320 g/mol. The van der Waals surface area contributed by atoms with Gasteiger partial charge in [0.25, 0.3) is 5.91 Å². The van der Waals surface area contributed by atoms with E-state index >= 15 is 0 Å². The predicted octanol–water partition coefficient (Wildman–Crippen LogP) is 2.59. The topological polar surface area (TPSA) is 90.9 Å². The van der Waals surface area contributed by atoms with Crippen molar-refractivity contribution in [1.82, 2.24) is 5.32 Å². The van der Waals surface area contributed by atoms with Gasteiger partial charge in [-0.25, -0.2) is 0 Å². The molecule has 1 amide bonds. The van der Waals surface area contributed by atoms with E-state index in [0.717, 1.165) is 16.7 Å². The average molecular weight is 320 g/mol. The molecule has 0 atom stereocenters. The van der Waals surface area contributed by atoms with Crippen LogP contribution in [0.5, 0.6) is 0 Å². The molecule has 0 saturated heterocycles. The first-order valence-electron chi connectivity index (χ1n) is 7.62. The smallest absolute Gasteiger partial charge is 0.267 e. The molecular formula is C19H20N4O. The first-order valence-corrected chi connectivity index (χ1v) is 7.62. The molecule has 2 rings (SSSR count). The number of nitrogens with zero attached hydrogens (tertiary/aromatic N) is 1. The third-order valence-electron chi connectivity index (χ3n) is 3.42. The van der Waals surface area contributed by atoms with Crippen molar-refractivity contribution in [3.8, 4) is 6.07 Å². The number of hydrogen-bond donors (Lipinski definition) is 3. The Kier molecular flexibility index (Phi) is 6.12. The minimum Gasteiger partial charge on any atom is -0.386 e. The van der Waals surface area contributed by atoms with Gasteiger partial charge in [0.15, 0.2) is 0 Å². The maximum atomic E-state index is 12.1. The molecule has 5 heteroatoms. The number of aryl methyl sites for hydroxylation is 1. The van der Waals surface area contributed by atoms with Crippen LogP contribution in [-0.4, -0.2) is 5.91 Å². The van der Waals surface area contributed by atoms with Crippen LogP contribution in [0, 0.1) is 18.3 Å². The van der Waals surface area contributed by atoms with Gasteiger partial charge in [0.2, 0.25) is 0 Å². The zero-order valence-electron chi connectivity index (χ0n) is 13.5. The molecule has 0 fully saturated rings. The van der Waals surface area contributed by atoms with Gasteiger partial charge in [0.05, 0.1) is 0 Å². The maximum Gasteiger partial charge on any atom is 0.267 e. The third kappa shape index (κ3) is 4.97. The lowest BCUT2D eigenvalue weighted by Crippen LogP contribution is -2.16. The normalized spacial score (nSPS) is 10.8. The number of nitrogens with two attached hydrogens (primary N) is 1. The van der Waals surface area contributed by atoms with Gasteiger partial charge < -0.3 is 16.4 Å². The van der Waals surface area contributed by atoms with Gasteiger partial charge in [-0.05, 0) is 35.7 Å². The molecule has 122 valence electrons. The van der Waals surface area contributed by atoms with E-state index in [1.54, 1.807) is 6.07 Å². The van der Waals surface area contributed by atoms with E-state index in [0.29, 0.717) is 18.8 Å². The SMILES string of the molecule is Cc1cccc(NC(=O)/C(C#N)=C\NCc2cccc(CN)c2)c1. The molecule has 0 heterocycles. The molecule has 2 aromatic carbocycles. The van der Waals surface area contributed by atoms with Gasteiger partial charge >= 0.3 is 0 Å². The molecule has 0 bridgehead atoms. The maximum absolute atomic E-state index is 12.1. The highest BCUT2D eigenvalue weighted by Gasteiger charge is 2.09. The number of nitriles is 1. The summed E-state index contributed by atoms with van der Waals surface area (Å²) in [5.41, 5.74) is 9.40. The van der Waals surface area contributed by atoms with Crippen LogP contribution in [0.25, 0.3) is 0 Å². The van der Waals surface area contributed by atoms with Gasteiger partial charge in [-0.15, -0.1) is 0 Å². The Morgan fingerprint density at radius 2 is 1.96 bits per heavy atom. The van der Waals surface area contributed by atoms with Gasteiger partial charge in [0, 0.05) is 25.0 Å². The number of benzene rings is 2. The number of rotatable bonds is 6. The van der Waals surface area contributed by atoms with Crippen molar-refractivity contribution in [1.29, 1.82) is 5.26 Å². The number of anilines is 1. The Morgan fingerprint density at radius 1 is 1.21 bits per heavy atom. The molecule has 0 spiro atoms. The Balaban J connectivity index is 1.98. The minimum absolute atomic E-state index is 0.0199. The number of carbonyl (C=O) groups excluding carboxylic acids is 1. The molecular weight excluding hydrogens is 300 g/mol. The highest BCUT2D eigenvalue weighted by Crippen LogP contribution is 2.11. The van der Waals surface area contributed by atoms with Crippen molar-refractivity contribution >= 4 is 11.6 Å². The second-order valence-electron chi connectivity index (χ2n) is 5.40. The molecule has 0 aliphatic carbocycles. The zero-order chi connectivity index (χ0) is 17.4. The summed E-state index contributed by atoms with van der Waals surface area (Å²) in [6.45, 7) is 2.93. The van der Waals surface area contributed by atoms with Gasteiger partial charge in [0.1, 0.15) is 11.6 Å². The molecule has 2 aromatic rings. The molecule has 0 saturated carbocycles. The van der Waals surface area contributed by atoms with E-state index in [9.17, 15) is 10.1 Å².